The summed E-state index contributed by atoms with van der Waals surface area (Å²) in [5.41, 5.74) is 0. The third-order valence-electron chi connectivity index (χ3n) is 1.87. The minimum absolute atomic E-state index is 0.518. The lowest BCUT2D eigenvalue weighted by Gasteiger charge is -2.34. The quantitative estimate of drug-likeness (QED) is 0.297. The van der Waals surface area contributed by atoms with Crippen molar-refractivity contribution >= 4 is 91.2 Å². The van der Waals surface area contributed by atoms with Gasteiger partial charge in [0.2, 0.25) is 0 Å². The fraction of sp³-hybridized carbons (Fsp3) is 1.00. The molecule has 14 heteroatoms. The number of hydrogen-bond donors (Lipinski definition) is 0. The van der Waals surface area contributed by atoms with Crippen molar-refractivity contribution in [1.29, 1.82) is 0 Å². The molecule has 0 aromatic heterocycles. The van der Waals surface area contributed by atoms with Crippen LogP contribution in [0, 0.1) is 0 Å². The Morgan fingerprint density at radius 3 is 1.65 bits per heavy atom. The lowest BCUT2D eigenvalue weighted by molar-refractivity contribution is 0.557. The molecule has 0 bridgehead atoms. The summed E-state index contributed by atoms with van der Waals surface area (Å²) >= 11 is 30.8. The minimum Gasteiger partial charge on any atom is -0.455 e. The van der Waals surface area contributed by atoms with Crippen LogP contribution >= 0.6 is 74.6 Å². The Balaban J connectivity index is 3.18. The number of hydrogen-bond acceptors (Lipinski definition) is 4. The van der Waals surface area contributed by atoms with Crippen LogP contribution in [0.1, 0.15) is 0 Å². The van der Waals surface area contributed by atoms with E-state index >= 15 is 0 Å². The molecule has 20 heavy (non-hydrogen) atoms. The highest BCUT2D eigenvalue weighted by atomic mass is 35.9. The van der Waals surface area contributed by atoms with Crippen molar-refractivity contribution in [3.63, 3.8) is 0 Å². The Morgan fingerprint density at radius 2 is 1.25 bits per heavy atom. The molecule has 0 spiro atoms. The Kier molecular flexibility index (Phi) is 6.63. The average Bonchev–Trinajstić information content (AvgIpc) is 1.83. The topological polar surface area (TPSA) is 46.3 Å². The van der Waals surface area contributed by atoms with Gasteiger partial charge in [-0.2, -0.15) is 13.5 Å². The molecule has 1 heterocycles. The highest BCUT2D eigenvalue weighted by Gasteiger charge is 2.39. The maximum atomic E-state index is 6.56. The molecule has 0 radical (unpaired) electrons. The van der Waals surface area contributed by atoms with E-state index in [4.69, 9.17) is 60.3 Å². The lowest BCUT2D eigenvalue weighted by Crippen LogP contribution is -2.44. The van der Waals surface area contributed by atoms with Crippen LogP contribution in [0.15, 0.2) is 13.5 Å². The monoisotopic (exact) mass is 471 g/mol. The number of halogens is 5. The zero-order chi connectivity index (χ0) is 16.0. The van der Waals surface area contributed by atoms with Gasteiger partial charge in [-0.1, -0.05) is 11.2 Å². The molecule has 0 aliphatic carbocycles. The predicted octanol–water partition coefficient (Wildman–Crippen LogP) is 8.71. The zero-order valence-electron chi connectivity index (χ0n) is 11.7. The highest BCUT2D eigenvalue weighted by molar-refractivity contribution is 8.22. The van der Waals surface area contributed by atoms with Crippen LogP contribution in [-0.4, -0.2) is 22.4 Å². The zero-order valence-corrected chi connectivity index (χ0v) is 20.2. The third-order valence-corrected chi connectivity index (χ3v) is 24.0. The molecular formula is C6H17Cl5N3OP3Si2. The normalized spacial score (nSPS) is 29.1. The van der Waals surface area contributed by atoms with Crippen molar-refractivity contribution in [1.82, 2.24) is 0 Å². The first-order valence-electron chi connectivity index (χ1n) is 5.62. The molecule has 1 aliphatic heterocycles. The Labute approximate surface area is 146 Å². The van der Waals surface area contributed by atoms with E-state index in [0.29, 0.717) is 5.79 Å². The van der Waals surface area contributed by atoms with Crippen LogP contribution in [0.3, 0.4) is 0 Å². The Hall–Kier alpha value is 2.53. The smallest absolute Gasteiger partial charge is 0.256 e. The summed E-state index contributed by atoms with van der Waals surface area (Å²) in [6, 6.07) is 0. The summed E-state index contributed by atoms with van der Waals surface area (Å²) in [6.45, 7) is 7.90. The fourth-order valence-electron chi connectivity index (χ4n) is 1.92. The average molecular weight is 474 g/mol. The van der Waals surface area contributed by atoms with Crippen molar-refractivity contribution in [3.8, 4) is 0 Å². The molecule has 0 saturated carbocycles. The van der Waals surface area contributed by atoms with Gasteiger partial charge in [0, 0.05) is 5.79 Å². The standard InChI is InChI=1S/C6H17Cl5N3OP3Si2/c1-19(2,3)15-20(4,5)6-16(7)12-17(8,9)14-18(10,11)13-16/h6H2,1-5H3. The second-order valence-electron chi connectivity index (χ2n) is 5.95. The molecule has 0 fully saturated rings. The van der Waals surface area contributed by atoms with Crippen LogP contribution in [0.5, 0.6) is 0 Å². The third kappa shape index (κ3) is 7.40. The summed E-state index contributed by atoms with van der Waals surface area (Å²) in [6.07, 6.45) is 0. The second kappa shape index (κ2) is 6.44. The second-order valence-corrected chi connectivity index (χ2v) is 29.4. The van der Waals surface area contributed by atoms with E-state index in [9.17, 15) is 0 Å². The van der Waals surface area contributed by atoms with Gasteiger partial charge in [-0.05, 0) is 77.7 Å². The first kappa shape index (κ1) is 20.6. The van der Waals surface area contributed by atoms with Crippen molar-refractivity contribution in [2.45, 2.75) is 32.7 Å². The van der Waals surface area contributed by atoms with Crippen LogP contribution in [0.25, 0.3) is 0 Å². The van der Waals surface area contributed by atoms with Crippen molar-refractivity contribution < 1.29 is 4.12 Å². The summed E-state index contributed by atoms with van der Waals surface area (Å²) < 4.78 is 18.7. The van der Waals surface area contributed by atoms with Gasteiger partial charge in [0.05, 0.1) is 0 Å². The summed E-state index contributed by atoms with van der Waals surface area (Å²) in [5, 5.41) is 0. The van der Waals surface area contributed by atoms with Gasteiger partial charge >= 0.3 is 0 Å². The molecule has 0 aromatic carbocycles. The molecule has 1 atom stereocenters. The van der Waals surface area contributed by atoms with Gasteiger partial charge in [0.25, 0.3) is 11.8 Å². The lowest BCUT2D eigenvalue weighted by atomic mass is 11.8. The SMILES string of the molecule is C[Si](C)(C)O[Si](C)(C)CP1(Cl)=NP(Cl)(Cl)=NP(Cl)(Cl)=N1. The summed E-state index contributed by atoms with van der Waals surface area (Å²) in [5.74, 6) is -5.35. The number of nitrogens with zero attached hydrogens (tertiary/aromatic N) is 3. The first-order chi connectivity index (χ1) is 8.54. The van der Waals surface area contributed by atoms with Gasteiger partial charge in [-0.25, -0.2) is 0 Å². The van der Waals surface area contributed by atoms with Crippen molar-refractivity contribution in [2.24, 2.45) is 13.5 Å². The van der Waals surface area contributed by atoms with E-state index in [1.807, 2.05) is 0 Å². The summed E-state index contributed by atoms with van der Waals surface area (Å²) in [4.78, 5) is 0. The molecule has 0 N–H and O–H groups in total. The van der Waals surface area contributed by atoms with E-state index in [2.05, 4.69) is 46.3 Å². The van der Waals surface area contributed by atoms with E-state index in [0.717, 1.165) is 0 Å². The van der Waals surface area contributed by atoms with E-state index < -0.39 is 35.0 Å². The van der Waals surface area contributed by atoms with Gasteiger partial charge in [0.1, 0.15) is 0 Å². The highest BCUT2D eigenvalue weighted by Crippen LogP contribution is 2.86. The summed E-state index contributed by atoms with van der Waals surface area (Å²) in [7, 11) is -3.75. The predicted molar refractivity (Wildman–Crippen MR) is 104 cm³/mol. The van der Waals surface area contributed by atoms with E-state index in [1.54, 1.807) is 0 Å². The van der Waals surface area contributed by atoms with Crippen LogP contribution in [-0.2, 0) is 4.12 Å². The van der Waals surface area contributed by atoms with Gasteiger partial charge in [-0.15, -0.1) is 0 Å². The molecule has 0 aromatic rings. The van der Waals surface area contributed by atoms with Crippen LogP contribution in [0.2, 0.25) is 32.7 Å². The maximum Gasteiger partial charge on any atom is 0.256 e. The van der Waals surface area contributed by atoms with Gasteiger partial charge in [-0.3, -0.25) is 0 Å². The first-order valence-corrected chi connectivity index (χ1v) is 21.9. The van der Waals surface area contributed by atoms with E-state index in [-0.39, 0.29) is 0 Å². The van der Waals surface area contributed by atoms with Crippen LogP contribution < -0.4 is 0 Å². The number of rotatable bonds is 4. The van der Waals surface area contributed by atoms with Gasteiger partial charge < -0.3 is 4.12 Å². The molecule has 4 nitrogen and oxygen atoms in total. The fourth-order valence-corrected chi connectivity index (χ4v) is 34.4. The molecule has 1 unspecified atom stereocenters. The molecular weight excluding hydrogens is 456 g/mol. The van der Waals surface area contributed by atoms with E-state index in [1.165, 1.54) is 0 Å². The largest absolute Gasteiger partial charge is 0.455 e. The van der Waals surface area contributed by atoms with Crippen LogP contribution in [0.4, 0.5) is 0 Å². The maximum absolute atomic E-state index is 6.56. The molecule has 120 valence electrons. The van der Waals surface area contributed by atoms with Crippen molar-refractivity contribution in [2.75, 3.05) is 5.79 Å². The molecule has 0 amide bonds. The Morgan fingerprint density at radius 1 is 0.800 bits per heavy atom. The van der Waals surface area contributed by atoms with Gasteiger partial charge in [0.15, 0.2) is 23.2 Å². The molecule has 1 aliphatic rings. The Bertz CT molecular complexity index is 555. The minimum atomic E-state index is -2.94. The molecule has 0 saturated heterocycles. The van der Waals surface area contributed by atoms with Crippen molar-refractivity contribution in [3.05, 3.63) is 0 Å². The molecule has 1 rings (SSSR count).